The van der Waals surface area contributed by atoms with Crippen LogP contribution in [0.3, 0.4) is 0 Å². The Labute approximate surface area is 94.6 Å². The Balaban J connectivity index is 2.01. The summed E-state index contributed by atoms with van der Waals surface area (Å²) in [7, 11) is 0. The van der Waals surface area contributed by atoms with E-state index in [-0.39, 0.29) is 5.82 Å². The van der Waals surface area contributed by atoms with Crippen LogP contribution >= 0.6 is 11.6 Å². The lowest BCUT2D eigenvalue weighted by Crippen LogP contribution is -2.39. The Morgan fingerprint density at radius 1 is 1.47 bits per heavy atom. The molecule has 1 aromatic rings. The number of hydrogen-bond donors (Lipinski definition) is 1. The minimum Gasteiger partial charge on any atom is -0.314 e. The molecule has 0 atom stereocenters. The van der Waals surface area contributed by atoms with Crippen LogP contribution in [0.25, 0.3) is 0 Å². The zero-order chi connectivity index (χ0) is 10.8. The van der Waals surface area contributed by atoms with Crippen molar-refractivity contribution in [3.05, 3.63) is 34.6 Å². The maximum Gasteiger partial charge on any atom is 0.124 e. The lowest BCUT2D eigenvalue weighted by Gasteiger charge is -2.36. The maximum atomic E-state index is 12.8. The lowest BCUT2D eigenvalue weighted by molar-refractivity contribution is 0.296. The van der Waals surface area contributed by atoms with Gasteiger partial charge in [-0.1, -0.05) is 24.6 Å². The Bertz CT molecular complexity index is 347. The van der Waals surface area contributed by atoms with Gasteiger partial charge < -0.3 is 5.32 Å². The van der Waals surface area contributed by atoms with E-state index in [0.717, 1.165) is 24.9 Å². The molecule has 1 N–H and O–H groups in total. The number of rotatable bonds is 3. The van der Waals surface area contributed by atoms with E-state index in [4.69, 9.17) is 11.6 Å². The second-order valence-corrected chi connectivity index (χ2v) is 4.50. The molecule has 15 heavy (non-hydrogen) atoms. The molecule has 1 fully saturated rings. The normalized spacial score (nSPS) is 25.0. The SMILES string of the molecule is CCNC1CC(c2ccc(F)cc2Cl)C1. The molecule has 0 bridgehead atoms. The molecule has 0 spiro atoms. The van der Waals surface area contributed by atoms with Crippen LogP contribution in [-0.4, -0.2) is 12.6 Å². The van der Waals surface area contributed by atoms with Crippen LogP contribution < -0.4 is 5.32 Å². The summed E-state index contributed by atoms with van der Waals surface area (Å²) < 4.78 is 12.8. The third kappa shape index (κ3) is 2.32. The third-order valence-electron chi connectivity index (χ3n) is 3.03. The van der Waals surface area contributed by atoms with Crippen molar-refractivity contribution in [2.75, 3.05) is 6.54 Å². The molecule has 1 nitrogen and oxygen atoms in total. The van der Waals surface area contributed by atoms with Gasteiger partial charge in [0.1, 0.15) is 5.82 Å². The molecule has 0 heterocycles. The third-order valence-corrected chi connectivity index (χ3v) is 3.36. The van der Waals surface area contributed by atoms with Gasteiger partial charge in [0.05, 0.1) is 0 Å². The van der Waals surface area contributed by atoms with Crippen LogP contribution in [0.15, 0.2) is 18.2 Å². The van der Waals surface area contributed by atoms with Gasteiger partial charge in [0.2, 0.25) is 0 Å². The number of benzene rings is 1. The van der Waals surface area contributed by atoms with Crippen molar-refractivity contribution in [2.45, 2.75) is 31.7 Å². The van der Waals surface area contributed by atoms with E-state index in [1.54, 1.807) is 0 Å². The molecule has 0 aromatic heterocycles. The van der Waals surface area contributed by atoms with Crippen molar-refractivity contribution in [2.24, 2.45) is 0 Å². The summed E-state index contributed by atoms with van der Waals surface area (Å²) >= 11 is 6.00. The summed E-state index contributed by atoms with van der Waals surface area (Å²) in [6.07, 6.45) is 2.22. The zero-order valence-electron chi connectivity index (χ0n) is 8.76. The molecule has 0 radical (unpaired) electrons. The van der Waals surface area contributed by atoms with E-state index < -0.39 is 0 Å². The highest BCUT2D eigenvalue weighted by molar-refractivity contribution is 6.31. The lowest BCUT2D eigenvalue weighted by atomic mass is 9.76. The molecule has 1 aromatic carbocycles. The van der Waals surface area contributed by atoms with Crippen molar-refractivity contribution < 1.29 is 4.39 Å². The van der Waals surface area contributed by atoms with E-state index in [2.05, 4.69) is 12.2 Å². The summed E-state index contributed by atoms with van der Waals surface area (Å²) in [6.45, 7) is 3.12. The number of nitrogens with one attached hydrogen (secondary N) is 1. The molecule has 2 rings (SSSR count). The summed E-state index contributed by atoms with van der Waals surface area (Å²) in [5, 5.41) is 3.96. The van der Waals surface area contributed by atoms with Crippen LogP contribution in [0.5, 0.6) is 0 Å². The van der Waals surface area contributed by atoms with Gasteiger partial charge in [-0.2, -0.15) is 0 Å². The minimum atomic E-state index is -0.258. The van der Waals surface area contributed by atoms with Gasteiger partial charge in [0.25, 0.3) is 0 Å². The van der Waals surface area contributed by atoms with E-state index in [9.17, 15) is 4.39 Å². The van der Waals surface area contributed by atoms with Crippen molar-refractivity contribution in [1.82, 2.24) is 5.32 Å². The molecule has 1 aliphatic carbocycles. The Kier molecular flexibility index (Phi) is 3.27. The highest BCUT2D eigenvalue weighted by Crippen LogP contribution is 2.40. The number of hydrogen-bond acceptors (Lipinski definition) is 1. The summed E-state index contributed by atoms with van der Waals surface area (Å²) in [4.78, 5) is 0. The van der Waals surface area contributed by atoms with Gasteiger partial charge in [-0.15, -0.1) is 0 Å². The van der Waals surface area contributed by atoms with Crippen LogP contribution in [0.4, 0.5) is 4.39 Å². The second kappa shape index (κ2) is 4.50. The fourth-order valence-corrected chi connectivity index (χ4v) is 2.48. The van der Waals surface area contributed by atoms with Gasteiger partial charge in [-0.05, 0) is 43.0 Å². The van der Waals surface area contributed by atoms with Crippen molar-refractivity contribution in [3.63, 3.8) is 0 Å². The van der Waals surface area contributed by atoms with Crippen LogP contribution in [0, 0.1) is 5.82 Å². The first kappa shape index (κ1) is 10.9. The van der Waals surface area contributed by atoms with E-state index in [0.29, 0.717) is 17.0 Å². The Morgan fingerprint density at radius 3 is 2.80 bits per heavy atom. The Hall–Kier alpha value is -0.600. The monoisotopic (exact) mass is 227 g/mol. The first-order valence-electron chi connectivity index (χ1n) is 5.39. The van der Waals surface area contributed by atoms with Crippen LogP contribution in [-0.2, 0) is 0 Å². The van der Waals surface area contributed by atoms with Gasteiger partial charge in [-0.25, -0.2) is 4.39 Å². The highest BCUT2D eigenvalue weighted by atomic mass is 35.5. The van der Waals surface area contributed by atoms with E-state index >= 15 is 0 Å². The smallest absolute Gasteiger partial charge is 0.124 e. The molecule has 0 saturated heterocycles. The summed E-state index contributed by atoms with van der Waals surface area (Å²) in [5.74, 6) is 0.244. The molecule has 0 aliphatic heterocycles. The number of halogens is 2. The van der Waals surface area contributed by atoms with Gasteiger partial charge in [0, 0.05) is 11.1 Å². The topological polar surface area (TPSA) is 12.0 Å². The molecule has 1 saturated carbocycles. The quantitative estimate of drug-likeness (QED) is 0.835. The first-order valence-corrected chi connectivity index (χ1v) is 5.76. The standard InChI is InChI=1S/C12H15ClFN/c1-2-15-10-5-8(6-10)11-4-3-9(14)7-12(11)13/h3-4,7-8,10,15H,2,5-6H2,1H3. The molecule has 82 valence electrons. The summed E-state index contributed by atoms with van der Waals surface area (Å²) in [6, 6.07) is 5.31. The average Bonchev–Trinajstić information content (AvgIpc) is 2.12. The van der Waals surface area contributed by atoms with Crippen molar-refractivity contribution in [1.29, 1.82) is 0 Å². The molecule has 0 unspecified atom stereocenters. The van der Waals surface area contributed by atoms with Crippen LogP contribution in [0.2, 0.25) is 5.02 Å². The summed E-state index contributed by atoms with van der Waals surface area (Å²) in [5.41, 5.74) is 1.09. The van der Waals surface area contributed by atoms with Crippen molar-refractivity contribution in [3.8, 4) is 0 Å². The van der Waals surface area contributed by atoms with Gasteiger partial charge in [0.15, 0.2) is 0 Å². The fourth-order valence-electron chi connectivity index (χ4n) is 2.16. The molecule has 0 amide bonds. The minimum absolute atomic E-state index is 0.258. The van der Waals surface area contributed by atoms with E-state index in [1.807, 2.05) is 6.07 Å². The van der Waals surface area contributed by atoms with Crippen molar-refractivity contribution >= 4 is 11.6 Å². The van der Waals surface area contributed by atoms with Gasteiger partial charge >= 0.3 is 0 Å². The second-order valence-electron chi connectivity index (χ2n) is 4.09. The average molecular weight is 228 g/mol. The zero-order valence-corrected chi connectivity index (χ0v) is 9.52. The Morgan fingerprint density at radius 2 is 2.20 bits per heavy atom. The largest absolute Gasteiger partial charge is 0.314 e. The predicted octanol–water partition coefficient (Wildman–Crippen LogP) is 3.33. The van der Waals surface area contributed by atoms with Gasteiger partial charge in [-0.3, -0.25) is 0 Å². The predicted molar refractivity (Wildman–Crippen MR) is 60.8 cm³/mol. The molecular formula is C12H15ClFN. The first-order chi connectivity index (χ1) is 7.20. The molecule has 3 heteroatoms. The van der Waals surface area contributed by atoms with Crippen LogP contribution in [0.1, 0.15) is 31.2 Å². The van der Waals surface area contributed by atoms with E-state index in [1.165, 1.54) is 12.1 Å². The highest BCUT2D eigenvalue weighted by Gasteiger charge is 2.30. The molecule has 1 aliphatic rings. The fraction of sp³-hybridized carbons (Fsp3) is 0.500. The molecular weight excluding hydrogens is 213 g/mol. The maximum absolute atomic E-state index is 12.8.